The van der Waals surface area contributed by atoms with E-state index in [1.165, 1.54) is 7.05 Å². The van der Waals surface area contributed by atoms with Gasteiger partial charge in [0.15, 0.2) is 5.84 Å². The molecule has 0 atom stereocenters. The van der Waals surface area contributed by atoms with E-state index in [4.69, 9.17) is 0 Å². The Labute approximate surface area is 120 Å². The van der Waals surface area contributed by atoms with Gasteiger partial charge < -0.3 is 10.6 Å². The molecule has 21 heavy (non-hydrogen) atoms. The predicted octanol–water partition coefficient (Wildman–Crippen LogP) is 0.752. The van der Waals surface area contributed by atoms with Crippen molar-refractivity contribution in [1.29, 1.82) is 0 Å². The third kappa shape index (κ3) is 2.36. The summed E-state index contributed by atoms with van der Waals surface area (Å²) in [7, 11) is 1.49. The molecule has 106 valence electrons. The zero-order valence-corrected chi connectivity index (χ0v) is 11.2. The van der Waals surface area contributed by atoms with Crippen LogP contribution in [0.15, 0.2) is 46.7 Å². The number of benzene rings is 1. The number of carbonyl (C=O) groups is 2. The van der Waals surface area contributed by atoms with Crippen molar-refractivity contribution >= 4 is 29.5 Å². The van der Waals surface area contributed by atoms with Gasteiger partial charge >= 0.3 is 6.03 Å². The number of hydrogen-bond acceptors (Lipinski definition) is 4. The van der Waals surface area contributed by atoms with Crippen LogP contribution >= 0.6 is 0 Å². The van der Waals surface area contributed by atoms with E-state index in [2.05, 4.69) is 26.5 Å². The Morgan fingerprint density at radius 2 is 2.05 bits per heavy atom. The van der Waals surface area contributed by atoms with Crippen LogP contribution in [0.5, 0.6) is 0 Å². The normalized spacial score (nSPS) is 19.3. The molecule has 4 N–H and O–H groups in total. The Kier molecular flexibility index (Phi) is 3.15. The first kappa shape index (κ1) is 12.9. The van der Waals surface area contributed by atoms with E-state index in [0.29, 0.717) is 11.3 Å². The van der Waals surface area contributed by atoms with Gasteiger partial charge in [-0.25, -0.2) is 10.2 Å². The number of allylic oxidation sites excluding steroid dienone is 1. The van der Waals surface area contributed by atoms with Crippen molar-refractivity contribution in [3.63, 3.8) is 0 Å². The molecular weight excluding hydrogens is 270 g/mol. The van der Waals surface area contributed by atoms with Gasteiger partial charge in [0.25, 0.3) is 5.91 Å². The summed E-state index contributed by atoms with van der Waals surface area (Å²) >= 11 is 0. The van der Waals surface area contributed by atoms with Gasteiger partial charge in [-0.15, -0.1) is 0 Å². The van der Waals surface area contributed by atoms with E-state index in [0.717, 1.165) is 11.3 Å². The van der Waals surface area contributed by atoms with Gasteiger partial charge in [-0.05, 0) is 17.7 Å². The van der Waals surface area contributed by atoms with E-state index in [-0.39, 0.29) is 11.7 Å². The minimum Gasteiger partial charge on any atom is -0.354 e. The van der Waals surface area contributed by atoms with Gasteiger partial charge in [0.05, 0.1) is 5.70 Å². The molecule has 0 aliphatic carbocycles. The first-order valence-electron chi connectivity index (χ1n) is 6.34. The molecule has 3 rings (SSSR count). The molecule has 0 radical (unpaired) electrons. The van der Waals surface area contributed by atoms with E-state index in [1.54, 1.807) is 6.08 Å². The van der Waals surface area contributed by atoms with Gasteiger partial charge in [0, 0.05) is 12.7 Å². The summed E-state index contributed by atoms with van der Waals surface area (Å²) in [4.78, 5) is 23.3. The van der Waals surface area contributed by atoms with Crippen molar-refractivity contribution in [2.45, 2.75) is 0 Å². The Bertz CT molecular complexity index is 718. The highest BCUT2D eigenvalue weighted by molar-refractivity contribution is 6.27. The van der Waals surface area contributed by atoms with E-state index < -0.39 is 6.03 Å². The zero-order chi connectivity index (χ0) is 14.8. The fourth-order valence-corrected chi connectivity index (χ4v) is 2.10. The second-order valence-corrected chi connectivity index (χ2v) is 4.44. The van der Waals surface area contributed by atoms with Crippen LogP contribution in [0.4, 0.5) is 10.5 Å². The van der Waals surface area contributed by atoms with Crippen molar-refractivity contribution < 1.29 is 9.59 Å². The number of hydrogen-bond donors (Lipinski definition) is 4. The zero-order valence-electron chi connectivity index (χ0n) is 11.2. The molecule has 0 aromatic heterocycles. The summed E-state index contributed by atoms with van der Waals surface area (Å²) in [5.74, 6) is -0.182. The molecule has 1 aromatic carbocycles. The lowest BCUT2D eigenvalue weighted by Crippen LogP contribution is -2.38. The number of nitrogens with zero attached hydrogens (tertiary/aromatic N) is 1. The Morgan fingerprint density at radius 1 is 1.24 bits per heavy atom. The Morgan fingerprint density at radius 3 is 2.86 bits per heavy atom. The predicted molar refractivity (Wildman–Crippen MR) is 79.3 cm³/mol. The fourth-order valence-electron chi connectivity index (χ4n) is 2.10. The summed E-state index contributed by atoms with van der Waals surface area (Å²) < 4.78 is 0. The number of urea groups is 1. The maximum atomic E-state index is 11.9. The van der Waals surface area contributed by atoms with E-state index in [1.807, 2.05) is 30.3 Å². The fraction of sp³-hybridized carbons (Fsp3) is 0.0714. The number of fused-ring (bicyclic) bond motifs is 1. The lowest BCUT2D eigenvalue weighted by atomic mass is 10.0. The largest absolute Gasteiger partial charge is 0.354 e. The maximum Gasteiger partial charge on any atom is 0.320 e. The first-order valence-corrected chi connectivity index (χ1v) is 6.34. The van der Waals surface area contributed by atoms with Crippen LogP contribution in [0, 0.1) is 0 Å². The number of rotatable bonds is 0. The van der Waals surface area contributed by atoms with Gasteiger partial charge in [0.2, 0.25) is 0 Å². The number of hydrazone groups is 1. The van der Waals surface area contributed by atoms with Gasteiger partial charge in [0.1, 0.15) is 5.57 Å². The molecule has 2 heterocycles. The SMILES string of the molecule is CNC(=O)NC1=NNC(=O)/C1=C1/C=Cc2ccccc2N1. The average Bonchev–Trinajstić information content (AvgIpc) is 2.87. The smallest absolute Gasteiger partial charge is 0.320 e. The molecule has 2 aliphatic rings. The summed E-state index contributed by atoms with van der Waals surface area (Å²) in [6.07, 6.45) is 3.68. The van der Waals surface area contributed by atoms with Crippen molar-refractivity contribution in [1.82, 2.24) is 16.1 Å². The lowest BCUT2D eigenvalue weighted by Gasteiger charge is -2.17. The number of nitrogens with one attached hydrogen (secondary N) is 4. The summed E-state index contributed by atoms with van der Waals surface area (Å²) in [6, 6.07) is 7.27. The second-order valence-electron chi connectivity index (χ2n) is 4.44. The van der Waals surface area contributed by atoms with Crippen LogP contribution in [0.1, 0.15) is 5.56 Å². The highest BCUT2D eigenvalue weighted by Gasteiger charge is 2.28. The third-order valence-corrected chi connectivity index (χ3v) is 3.12. The lowest BCUT2D eigenvalue weighted by molar-refractivity contribution is -0.116. The average molecular weight is 283 g/mol. The second kappa shape index (κ2) is 5.12. The van der Waals surface area contributed by atoms with Crippen LogP contribution < -0.4 is 21.4 Å². The van der Waals surface area contributed by atoms with Gasteiger partial charge in [-0.2, -0.15) is 5.10 Å². The molecule has 0 spiro atoms. The van der Waals surface area contributed by atoms with E-state index >= 15 is 0 Å². The van der Waals surface area contributed by atoms with E-state index in [9.17, 15) is 9.59 Å². The molecule has 1 aromatic rings. The summed E-state index contributed by atoms with van der Waals surface area (Å²) in [6.45, 7) is 0. The molecule has 3 amide bonds. The van der Waals surface area contributed by atoms with Crippen molar-refractivity contribution in [2.24, 2.45) is 5.10 Å². The standard InChI is InChI=1S/C14H13N5O2/c1-15-14(21)17-12-11(13(20)19-18-12)10-7-6-8-4-2-3-5-9(8)16-10/h2-7,16H,1H3,(H,19,20)(H2,15,17,18,21)/b11-10-. The monoisotopic (exact) mass is 283 g/mol. The minimum absolute atomic E-state index is 0.186. The quantitative estimate of drug-likeness (QED) is 0.529. The number of para-hydroxylation sites is 1. The highest BCUT2D eigenvalue weighted by Crippen LogP contribution is 2.26. The maximum absolute atomic E-state index is 11.9. The summed E-state index contributed by atoms with van der Waals surface area (Å²) in [5.41, 5.74) is 5.14. The van der Waals surface area contributed by atoms with Crippen molar-refractivity contribution in [3.8, 4) is 0 Å². The van der Waals surface area contributed by atoms with Gasteiger partial charge in [-0.3, -0.25) is 10.1 Å². The Balaban J connectivity index is 1.96. The molecular formula is C14H13N5O2. The highest BCUT2D eigenvalue weighted by atomic mass is 16.2. The molecule has 0 bridgehead atoms. The van der Waals surface area contributed by atoms with Gasteiger partial charge in [-0.1, -0.05) is 24.3 Å². The molecule has 7 heteroatoms. The number of amides is 3. The third-order valence-electron chi connectivity index (χ3n) is 3.12. The molecule has 0 unspecified atom stereocenters. The van der Waals surface area contributed by atoms with Crippen molar-refractivity contribution in [3.05, 3.63) is 47.2 Å². The molecule has 0 fully saturated rings. The first-order chi connectivity index (χ1) is 10.2. The molecule has 2 aliphatic heterocycles. The van der Waals surface area contributed by atoms with Crippen LogP contribution in [0.2, 0.25) is 0 Å². The Hall–Kier alpha value is -3.09. The summed E-state index contributed by atoms with van der Waals surface area (Å²) in [5, 5.41) is 11.9. The number of amidine groups is 1. The van der Waals surface area contributed by atoms with Crippen LogP contribution in [-0.2, 0) is 4.79 Å². The minimum atomic E-state index is -0.441. The number of anilines is 1. The topological polar surface area (TPSA) is 94.6 Å². The molecule has 7 nitrogen and oxygen atoms in total. The van der Waals surface area contributed by atoms with Crippen LogP contribution in [0.3, 0.4) is 0 Å². The molecule has 0 saturated heterocycles. The van der Waals surface area contributed by atoms with Crippen molar-refractivity contribution in [2.75, 3.05) is 12.4 Å². The molecule has 0 saturated carbocycles. The van der Waals surface area contributed by atoms with Crippen LogP contribution in [0.25, 0.3) is 6.08 Å². The van der Waals surface area contributed by atoms with Crippen LogP contribution in [-0.4, -0.2) is 24.8 Å². The number of carbonyl (C=O) groups excluding carboxylic acids is 2.